The van der Waals surface area contributed by atoms with Gasteiger partial charge in [-0.1, -0.05) is 0 Å². The highest BCUT2D eigenvalue weighted by Gasteiger charge is 2.26. The maximum Gasteiger partial charge on any atom is 0.337 e. The summed E-state index contributed by atoms with van der Waals surface area (Å²) in [5, 5.41) is 0. The molecule has 0 saturated carbocycles. The van der Waals surface area contributed by atoms with Crippen molar-refractivity contribution >= 4 is 11.8 Å². The fourth-order valence-electron chi connectivity index (χ4n) is 2.30. The van der Waals surface area contributed by atoms with Crippen molar-refractivity contribution in [1.29, 1.82) is 0 Å². The van der Waals surface area contributed by atoms with E-state index in [2.05, 4.69) is 0 Å². The van der Waals surface area contributed by atoms with Gasteiger partial charge in [0.15, 0.2) is 12.1 Å². The van der Waals surface area contributed by atoms with Gasteiger partial charge < -0.3 is 23.8 Å². The van der Waals surface area contributed by atoms with Gasteiger partial charge in [-0.25, -0.2) is 4.79 Å². The Morgan fingerprint density at radius 2 is 2.13 bits per heavy atom. The number of ether oxygens (including phenoxy) is 4. The summed E-state index contributed by atoms with van der Waals surface area (Å²) in [4.78, 5) is 25.5. The van der Waals surface area contributed by atoms with Gasteiger partial charge in [0.1, 0.15) is 6.61 Å². The normalized spacial score (nSPS) is 20.5. The van der Waals surface area contributed by atoms with Crippen LogP contribution in [-0.4, -0.2) is 69.1 Å². The molecule has 7 nitrogen and oxygen atoms in total. The molecule has 0 aliphatic carbocycles. The van der Waals surface area contributed by atoms with Gasteiger partial charge >= 0.3 is 5.97 Å². The summed E-state index contributed by atoms with van der Waals surface area (Å²) in [6.45, 7) is 6.25. The Hall–Kier alpha value is -1.44. The first-order chi connectivity index (χ1) is 10.8. The highest BCUT2D eigenvalue weighted by Crippen LogP contribution is 2.13. The van der Waals surface area contributed by atoms with Crippen LogP contribution in [-0.2, 0) is 28.5 Å². The van der Waals surface area contributed by atoms with Crippen molar-refractivity contribution in [3.8, 4) is 0 Å². The zero-order valence-corrected chi connectivity index (χ0v) is 14.5. The molecule has 0 N–H and O–H groups in total. The summed E-state index contributed by atoms with van der Waals surface area (Å²) < 4.78 is 20.9. The van der Waals surface area contributed by atoms with Crippen molar-refractivity contribution in [1.82, 2.24) is 4.90 Å². The first kappa shape index (κ1) is 19.6. The second kappa shape index (κ2) is 9.64. The van der Waals surface area contributed by atoms with E-state index in [0.29, 0.717) is 18.6 Å². The van der Waals surface area contributed by atoms with E-state index in [1.807, 2.05) is 13.8 Å². The van der Waals surface area contributed by atoms with E-state index in [1.54, 1.807) is 25.1 Å². The molecule has 0 aromatic heterocycles. The van der Waals surface area contributed by atoms with E-state index in [4.69, 9.17) is 18.9 Å². The van der Waals surface area contributed by atoms with E-state index in [-0.39, 0.29) is 31.1 Å². The fourth-order valence-corrected chi connectivity index (χ4v) is 2.30. The van der Waals surface area contributed by atoms with Gasteiger partial charge in [0.05, 0.1) is 31.4 Å². The molecule has 2 atom stereocenters. The largest absolute Gasteiger partial charge is 0.466 e. The van der Waals surface area contributed by atoms with Crippen LogP contribution in [0, 0.1) is 0 Å². The molecule has 0 bridgehead atoms. The van der Waals surface area contributed by atoms with Crippen LogP contribution in [0.1, 0.15) is 27.2 Å². The Morgan fingerprint density at radius 3 is 2.70 bits per heavy atom. The first-order valence-electron chi connectivity index (χ1n) is 7.73. The minimum absolute atomic E-state index is 0.00311. The summed E-state index contributed by atoms with van der Waals surface area (Å²) in [7, 11) is 3.06. The lowest BCUT2D eigenvalue weighted by atomic mass is 10.1. The lowest BCUT2D eigenvalue weighted by Crippen LogP contribution is -2.42. The molecule has 0 aromatic rings. The third-order valence-electron chi connectivity index (χ3n) is 3.39. The third kappa shape index (κ3) is 6.68. The molecule has 0 radical (unpaired) electrons. The van der Waals surface area contributed by atoms with Gasteiger partial charge in [0, 0.05) is 19.9 Å². The molecule has 1 rings (SSSR count). The minimum atomic E-state index is -0.492. The van der Waals surface area contributed by atoms with Crippen LogP contribution < -0.4 is 0 Å². The molecule has 1 fully saturated rings. The van der Waals surface area contributed by atoms with E-state index >= 15 is 0 Å². The molecule has 7 heteroatoms. The number of esters is 1. The van der Waals surface area contributed by atoms with E-state index in [9.17, 15) is 9.59 Å². The number of rotatable bonds is 8. The Labute approximate surface area is 137 Å². The predicted octanol–water partition coefficient (Wildman–Crippen LogP) is 1.12. The maximum absolute atomic E-state index is 11.9. The Morgan fingerprint density at radius 1 is 1.43 bits per heavy atom. The standard InChI is InChI=1S/C16H27NO6/c1-11(2)23-12(3)22-9-13(16(19)20-5)8-17(4)14-6-7-21-10-15(14)18/h8,11-12,14H,6-7,9-10H2,1-5H3/b13-8+/t12?,14-/m0/s1. The highest BCUT2D eigenvalue weighted by atomic mass is 16.7. The Balaban J connectivity index is 2.71. The molecule has 23 heavy (non-hydrogen) atoms. The van der Waals surface area contributed by atoms with Crippen LogP contribution in [0.3, 0.4) is 0 Å². The van der Waals surface area contributed by atoms with Gasteiger partial charge in [0.2, 0.25) is 0 Å². The second-order valence-electron chi connectivity index (χ2n) is 5.70. The zero-order chi connectivity index (χ0) is 17.4. The zero-order valence-electron chi connectivity index (χ0n) is 14.5. The molecular formula is C16H27NO6. The van der Waals surface area contributed by atoms with Gasteiger partial charge in [-0.2, -0.15) is 0 Å². The van der Waals surface area contributed by atoms with Crippen molar-refractivity contribution in [2.45, 2.75) is 45.6 Å². The second-order valence-corrected chi connectivity index (χ2v) is 5.70. The first-order valence-corrected chi connectivity index (χ1v) is 7.73. The number of nitrogens with zero attached hydrogens (tertiary/aromatic N) is 1. The molecule has 1 unspecified atom stereocenters. The summed E-state index contributed by atoms with van der Waals surface area (Å²) in [5.41, 5.74) is 0.327. The predicted molar refractivity (Wildman–Crippen MR) is 83.7 cm³/mol. The molecule has 0 spiro atoms. The summed E-state index contributed by atoms with van der Waals surface area (Å²) in [6.07, 6.45) is 1.77. The smallest absolute Gasteiger partial charge is 0.337 e. The quantitative estimate of drug-likeness (QED) is 0.375. The van der Waals surface area contributed by atoms with E-state index in [0.717, 1.165) is 0 Å². The molecule has 1 heterocycles. The van der Waals surface area contributed by atoms with Crippen LogP contribution in [0.5, 0.6) is 0 Å². The maximum atomic E-state index is 11.9. The minimum Gasteiger partial charge on any atom is -0.466 e. The van der Waals surface area contributed by atoms with Crippen LogP contribution >= 0.6 is 0 Å². The van der Waals surface area contributed by atoms with Gasteiger partial charge in [-0.15, -0.1) is 0 Å². The number of methoxy groups -OCH3 is 1. The van der Waals surface area contributed by atoms with Gasteiger partial charge in [-0.05, 0) is 27.2 Å². The van der Waals surface area contributed by atoms with Crippen molar-refractivity contribution in [2.75, 3.05) is 34.0 Å². The Bertz CT molecular complexity index is 434. The SMILES string of the molecule is COC(=O)/C(=C/N(C)[C@H]1CCOCC1=O)COC(C)OC(C)C. The van der Waals surface area contributed by atoms with Crippen LogP contribution in [0.4, 0.5) is 0 Å². The molecule has 1 aliphatic rings. The molecule has 132 valence electrons. The summed E-state index contributed by atoms with van der Waals surface area (Å²) in [6, 6.07) is -0.298. The summed E-state index contributed by atoms with van der Waals surface area (Å²) >= 11 is 0. The fraction of sp³-hybridized carbons (Fsp3) is 0.750. The van der Waals surface area contributed by atoms with Crippen LogP contribution in [0.2, 0.25) is 0 Å². The number of carbonyl (C=O) groups is 2. The van der Waals surface area contributed by atoms with E-state index in [1.165, 1.54) is 7.11 Å². The number of hydrogen-bond donors (Lipinski definition) is 0. The van der Waals surface area contributed by atoms with Crippen LogP contribution in [0.15, 0.2) is 11.8 Å². The van der Waals surface area contributed by atoms with Crippen LogP contribution in [0.25, 0.3) is 0 Å². The van der Waals surface area contributed by atoms with Gasteiger partial charge in [0.25, 0.3) is 0 Å². The molecule has 0 aromatic carbocycles. The van der Waals surface area contributed by atoms with E-state index < -0.39 is 12.3 Å². The van der Waals surface area contributed by atoms with Crippen molar-refractivity contribution in [2.24, 2.45) is 0 Å². The number of Topliss-reactive ketones (excluding diaryl/α,β-unsaturated/α-hetero) is 1. The monoisotopic (exact) mass is 329 g/mol. The molecular weight excluding hydrogens is 302 g/mol. The molecule has 1 aliphatic heterocycles. The molecule has 0 amide bonds. The lowest BCUT2D eigenvalue weighted by Gasteiger charge is -2.29. The van der Waals surface area contributed by atoms with Crippen molar-refractivity contribution in [3.63, 3.8) is 0 Å². The Kier molecular flexibility index (Phi) is 8.22. The topological polar surface area (TPSA) is 74.3 Å². The number of hydrogen-bond acceptors (Lipinski definition) is 7. The molecule has 1 saturated heterocycles. The highest BCUT2D eigenvalue weighted by molar-refractivity contribution is 5.89. The summed E-state index contributed by atoms with van der Waals surface area (Å²) in [5.74, 6) is -0.496. The average Bonchev–Trinajstić information content (AvgIpc) is 2.50. The van der Waals surface area contributed by atoms with Gasteiger partial charge in [-0.3, -0.25) is 4.79 Å². The number of likely N-dealkylation sites (N-methyl/N-ethyl adjacent to an activating group) is 1. The van der Waals surface area contributed by atoms with Crippen molar-refractivity contribution in [3.05, 3.63) is 11.8 Å². The number of ketones is 1. The third-order valence-corrected chi connectivity index (χ3v) is 3.39. The average molecular weight is 329 g/mol. The lowest BCUT2D eigenvalue weighted by molar-refractivity contribution is -0.151. The van der Waals surface area contributed by atoms with Crippen molar-refractivity contribution < 1.29 is 28.5 Å². The number of carbonyl (C=O) groups excluding carboxylic acids is 2.